The minimum atomic E-state index is -0.00222. The summed E-state index contributed by atoms with van der Waals surface area (Å²) in [4.78, 5) is 2.02. The highest BCUT2D eigenvalue weighted by Crippen LogP contribution is 2.34. The van der Waals surface area contributed by atoms with Crippen molar-refractivity contribution in [1.29, 1.82) is 0 Å². The van der Waals surface area contributed by atoms with Gasteiger partial charge in [0.25, 0.3) is 5.95 Å². The summed E-state index contributed by atoms with van der Waals surface area (Å²) in [5, 5.41) is 12.2. The molecule has 3 aromatic rings. The van der Waals surface area contributed by atoms with Crippen LogP contribution in [0.5, 0.6) is 0 Å². The molecular formula is C17H15N5. The molecule has 1 aliphatic rings. The predicted octanol–water partition coefficient (Wildman–Crippen LogP) is 2.75. The molecule has 2 aromatic carbocycles. The molecule has 4 rings (SSSR count). The first-order valence-corrected chi connectivity index (χ1v) is 7.18. The Bertz CT molecular complexity index is 807. The minimum Gasteiger partial charge on any atom is -0.312 e. The smallest absolute Gasteiger partial charge is 0.250 e. The van der Waals surface area contributed by atoms with Gasteiger partial charge in [-0.05, 0) is 27.6 Å². The van der Waals surface area contributed by atoms with E-state index in [0.29, 0.717) is 0 Å². The standard InChI is InChI=1S/C17H15N5/c1-21-15(13-8-4-2-5-9-13)12-16(14-10-6-3-7-11-14)22-17(21)18-19-20-22/h2-12,16H,1H3. The Labute approximate surface area is 128 Å². The summed E-state index contributed by atoms with van der Waals surface area (Å²) in [7, 11) is 1.99. The zero-order valence-corrected chi connectivity index (χ0v) is 12.2. The molecular weight excluding hydrogens is 274 g/mol. The highest BCUT2D eigenvalue weighted by molar-refractivity contribution is 5.78. The summed E-state index contributed by atoms with van der Waals surface area (Å²) >= 11 is 0. The van der Waals surface area contributed by atoms with Crippen LogP contribution >= 0.6 is 0 Å². The van der Waals surface area contributed by atoms with Crippen molar-refractivity contribution in [3.8, 4) is 0 Å². The van der Waals surface area contributed by atoms with Crippen molar-refractivity contribution in [3.05, 3.63) is 77.9 Å². The zero-order chi connectivity index (χ0) is 14.9. The van der Waals surface area contributed by atoms with E-state index in [1.807, 2.05) is 53.0 Å². The van der Waals surface area contributed by atoms with Gasteiger partial charge in [0.2, 0.25) is 0 Å². The average Bonchev–Trinajstić information content (AvgIpc) is 3.07. The Morgan fingerprint density at radius 2 is 1.59 bits per heavy atom. The lowest BCUT2D eigenvalue weighted by molar-refractivity contribution is 0.576. The largest absolute Gasteiger partial charge is 0.312 e. The van der Waals surface area contributed by atoms with Crippen LogP contribution in [0.1, 0.15) is 17.2 Å². The van der Waals surface area contributed by atoms with Crippen LogP contribution in [-0.4, -0.2) is 27.3 Å². The Balaban J connectivity index is 1.88. The third-order valence-corrected chi connectivity index (χ3v) is 3.93. The van der Waals surface area contributed by atoms with E-state index in [2.05, 4.69) is 45.9 Å². The average molecular weight is 289 g/mol. The monoisotopic (exact) mass is 289 g/mol. The third-order valence-electron chi connectivity index (χ3n) is 3.93. The van der Waals surface area contributed by atoms with Crippen LogP contribution in [0.2, 0.25) is 0 Å². The molecule has 0 saturated heterocycles. The van der Waals surface area contributed by atoms with Gasteiger partial charge in [0.05, 0.1) is 0 Å². The molecule has 1 aromatic heterocycles. The van der Waals surface area contributed by atoms with Crippen molar-refractivity contribution in [2.75, 3.05) is 11.9 Å². The highest BCUT2D eigenvalue weighted by Gasteiger charge is 2.28. The van der Waals surface area contributed by atoms with Gasteiger partial charge in [0.1, 0.15) is 6.04 Å². The lowest BCUT2D eigenvalue weighted by Gasteiger charge is -2.30. The minimum absolute atomic E-state index is 0.00222. The van der Waals surface area contributed by atoms with Crippen molar-refractivity contribution in [2.45, 2.75) is 6.04 Å². The van der Waals surface area contributed by atoms with Crippen LogP contribution in [0.25, 0.3) is 5.70 Å². The summed E-state index contributed by atoms with van der Waals surface area (Å²) in [6.45, 7) is 0. The Morgan fingerprint density at radius 1 is 0.909 bits per heavy atom. The number of hydrogen-bond donors (Lipinski definition) is 0. The summed E-state index contributed by atoms with van der Waals surface area (Å²) < 4.78 is 1.85. The number of tetrazole rings is 1. The van der Waals surface area contributed by atoms with Gasteiger partial charge in [-0.25, -0.2) is 0 Å². The molecule has 0 amide bonds. The fraction of sp³-hybridized carbons (Fsp3) is 0.118. The van der Waals surface area contributed by atoms with E-state index >= 15 is 0 Å². The van der Waals surface area contributed by atoms with Gasteiger partial charge in [0, 0.05) is 12.7 Å². The molecule has 5 nitrogen and oxygen atoms in total. The topological polar surface area (TPSA) is 46.8 Å². The van der Waals surface area contributed by atoms with Crippen molar-refractivity contribution in [2.24, 2.45) is 0 Å². The second-order valence-corrected chi connectivity index (χ2v) is 5.26. The molecule has 0 fully saturated rings. The SMILES string of the molecule is CN1C(c2ccccc2)=CC(c2ccccc2)n2nnnc21. The number of rotatable bonds is 2. The van der Waals surface area contributed by atoms with Gasteiger partial charge < -0.3 is 4.90 Å². The number of nitrogens with zero attached hydrogens (tertiary/aromatic N) is 5. The number of anilines is 1. The van der Waals surface area contributed by atoms with E-state index < -0.39 is 0 Å². The number of benzene rings is 2. The second-order valence-electron chi connectivity index (χ2n) is 5.26. The van der Waals surface area contributed by atoms with Crippen LogP contribution < -0.4 is 4.90 Å². The third kappa shape index (κ3) is 1.98. The van der Waals surface area contributed by atoms with Gasteiger partial charge in [-0.15, -0.1) is 0 Å². The maximum absolute atomic E-state index is 4.18. The number of allylic oxidation sites excluding steroid dienone is 1. The van der Waals surface area contributed by atoms with E-state index in [-0.39, 0.29) is 6.04 Å². The van der Waals surface area contributed by atoms with Gasteiger partial charge in [-0.3, -0.25) is 0 Å². The predicted molar refractivity (Wildman–Crippen MR) is 85.2 cm³/mol. The first-order chi connectivity index (χ1) is 10.8. The molecule has 0 N–H and O–H groups in total. The van der Waals surface area contributed by atoms with Crippen LogP contribution in [0.15, 0.2) is 66.7 Å². The number of hydrogen-bond acceptors (Lipinski definition) is 4. The van der Waals surface area contributed by atoms with Gasteiger partial charge in [-0.2, -0.15) is 4.68 Å². The molecule has 0 saturated carbocycles. The molecule has 0 aliphatic carbocycles. The Morgan fingerprint density at radius 3 is 2.32 bits per heavy atom. The van der Waals surface area contributed by atoms with E-state index in [1.165, 1.54) is 0 Å². The molecule has 1 unspecified atom stereocenters. The molecule has 1 aliphatic heterocycles. The first kappa shape index (κ1) is 12.8. The van der Waals surface area contributed by atoms with E-state index in [0.717, 1.165) is 22.8 Å². The van der Waals surface area contributed by atoms with Crippen molar-refractivity contribution >= 4 is 11.6 Å². The van der Waals surface area contributed by atoms with Crippen molar-refractivity contribution < 1.29 is 0 Å². The van der Waals surface area contributed by atoms with Gasteiger partial charge in [-0.1, -0.05) is 65.8 Å². The van der Waals surface area contributed by atoms with E-state index in [4.69, 9.17) is 0 Å². The van der Waals surface area contributed by atoms with Crippen molar-refractivity contribution in [3.63, 3.8) is 0 Å². The lowest BCUT2D eigenvalue weighted by Crippen LogP contribution is -2.28. The maximum Gasteiger partial charge on any atom is 0.250 e. The quantitative estimate of drug-likeness (QED) is 0.728. The fourth-order valence-electron chi connectivity index (χ4n) is 2.82. The molecule has 0 bridgehead atoms. The summed E-state index contributed by atoms with van der Waals surface area (Å²) in [5.41, 5.74) is 3.43. The summed E-state index contributed by atoms with van der Waals surface area (Å²) in [6.07, 6.45) is 2.20. The summed E-state index contributed by atoms with van der Waals surface area (Å²) in [5.74, 6) is 0.746. The first-order valence-electron chi connectivity index (χ1n) is 7.18. The maximum atomic E-state index is 4.18. The molecule has 5 heteroatoms. The lowest BCUT2D eigenvalue weighted by atomic mass is 10.0. The Kier molecular flexibility index (Phi) is 2.96. The molecule has 0 radical (unpaired) electrons. The molecule has 108 valence electrons. The molecule has 2 heterocycles. The van der Waals surface area contributed by atoms with E-state index in [9.17, 15) is 0 Å². The van der Waals surface area contributed by atoms with Crippen molar-refractivity contribution in [1.82, 2.24) is 20.2 Å². The van der Waals surface area contributed by atoms with Gasteiger partial charge in [0.15, 0.2) is 0 Å². The Hall–Kier alpha value is -2.95. The van der Waals surface area contributed by atoms with Crippen LogP contribution in [0.4, 0.5) is 5.95 Å². The summed E-state index contributed by atoms with van der Waals surface area (Å²) in [6, 6.07) is 20.6. The van der Waals surface area contributed by atoms with Crippen LogP contribution in [-0.2, 0) is 0 Å². The molecule has 22 heavy (non-hydrogen) atoms. The highest BCUT2D eigenvalue weighted by atomic mass is 15.6. The normalized spacial score (nSPS) is 17.0. The number of aromatic nitrogens is 4. The van der Waals surface area contributed by atoms with Gasteiger partial charge >= 0.3 is 0 Å². The zero-order valence-electron chi connectivity index (χ0n) is 12.2. The van der Waals surface area contributed by atoms with Crippen LogP contribution in [0, 0.1) is 0 Å². The van der Waals surface area contributed by atoms with E-state index in [1.54, 1.807) is 0 Å². The number of fused-ring (bicyclic) bond motifs is 1. The fourth-order valence-corrected chi connectivity index (χ4v) is 2.82. The molecule has 1 atom stereocenters. The van der Waals surface area contributed by atoms with Crippen LogP contribution in [0.3, 0.4) is 0 Å². The molecule has 0 spiro atoms. The second kappa shape index (κ2) is 5.11.